The molecular formula is C12H19N3O. The lowest BCUT2D eigenvalue weighted by Crippen LogP contribution is -2.44. The van der Waals surface area contributed by atoms with Gasteiger partial charge in [-0.15, -0.1) is 0 Å². The minimum absolute atomic E-state index is 0.339. The van der Waals surface area contributed by atoms with Crippen molar-refractivity contribution in [3.05, 3.63) is 30.1 Å². The molecule has 1 unspecified atom stereocenters. The molecular weight excluding hydrogens is 202 g/mol. The Hall–Kier alpha value is -0.970. The molecule has 4 heteroatoms. The Kier molecular flexibility index (Phi) is 4.27. The summed E-state index contributed by atoms with van der Waals surface area (Å²) in [7, 11) is 0. The van der Waals surface area contributed by atoms with E-state index in [2.05, 4.69) is 10.4 Å². The number of nitrogens with zero attached hydrogens (tertiary/aromatic N) is 1. The van der Waals surface area contributed by atoms with Crippen LogP contribution in [-0.4, -0.2) is 24.2 Å². The van der Waals surface area contributed by atoms with Gasteiger partial charge in [0, 0.05) is 31.6 Å². The minimum Gasteiger partial charge on any atom is -0.381 e. The summed E-state index contributed by atoms with van der Waals surface area (Å²) in [4.78, 5) is 4.02. The number of pyridine rings is 1. The molecule has 0 spiro atoms. The maximum atomic E-state index is 5.65. The molecule has 0 radical (unpaired) electrons. The van der Waals surface area contributed by atoms with Crippen molar-refractivity contribution in [2.24, 2.45) is 11.8 Å². The molecule has 2 rings (SSSR count). The smallest absolute Gasteiger partial charge is 0.0469 e. The molecule has 1 aliphatic rings. The van der Waals surface area contributed by atoms with E-state index < -0.39 is 0 Å². The molecule has 1 fully saturated rings. The van der Waals surface area contributed by atoms with E-state index >= 15 is 0 Å². The second-order valence-corrected chi connectivity index (χ2v) is 4.28. The summed E-state index contributed by atoms with van der Waals surface area (Å²) in [6.45, 7) is 1.72. The Morgan fingerprint density at radius 1 is 1.38 bits per heavy atom. The number of hydrazine groups is 1. The highest BCUT2D eigenvalue weighted by atomic mass is 16.5. The molecule has 3 N–H and O–H groups in total. The van der Waals surface area contributed by atoms with Gasteiger partial charge in [0.25, 0.3) is 0 Å². The van der Waals surface area contributed by atoms with E-state index in [9.17, 15) is 0 Å². The molecule has 0 aromatic carbocycles. The number of rotatable bonds is 4. The van der Waals surface area contributed by atoms with Crippen LogP contribution in [0.15, 0.2) is 24.5 Å². The van der Waals surface area contributed by atoms with Crippen LogP contribution in [0.4, 0.5) is 0 Å². The van der Waals surface area contributed by atoms with Crippen molar-refractivity contribution in [1.82, 2.24) is 10.4 Å². The quantitative estimate of drug-likeness (QED) is 0.585. The molecule has 16 heavy (non-hydrogen) atoms. The van der Waals surface area contributed by atoms with Gasteiger partial charge in [0.15, 0.2) is 0 Å². The fraction of sp³-hybridized carbons (Fsp3) is 0.583. The largest absolute Gasteiger partial charge is 0.381 e. The van der Waals surface area contributed by atoms with Gasteiger partial charge in [-0.2, -0.15) is 0 Å². The van der Waals surface area contributed by atoms with Crippen molar-refractivity contribution in [2.75, 3.05) is 13.2 Å². The lowest BCUT2D eigenvalue weighted by Gasteiger charge is -2.29. The van der Waals surface area contributed by atoms with Gasteiger partial charge in [0.1, 0.15) is 0 Å². The van der Waals surface area contributed by atoms with Crippen LogP contribution in [0.25, 0.3) is 0 Å². The SMILES string of the molecule is NNC(Cc1ccncc1)C1CCOCC1. The molecule has 0 bridgehead atoms. The number of nitrogens with one attached hydrogen (secondary N) is 1. The third-order valence-corrected chi connectivity index (χ3v) is 3.25. The monoisotopic (exact) mass is 221 g/mol. The molecule has 0 amide bonds. The zero-order valence-corrected chi connectivity index (χ0v) is 9.43. The van der Waals surface area contributed by atoms with Gasteiger partial charge in [-0.05, 0) is 42.9 Å². The van der Waals surface area contributed by atoms with E-state index in [-0.39, 0.29) is 0 Å². The van der Waals surface area contributed by atoms with Crippen LogP contribution in [0.1, 0.15) is 18.4 Å². The molecule has 88 valence electrons. The third-order valence-electron chi connectivity index (χ3n) is 3.25. The number of hydrogen-bond acceptors (Lipinski definition) is 4. The Morgan fingerprint density at radius 3 is 2.69 bits per heavy atom. The van der Waals surface area contributed by atoms with Gasteiger partial charge in [-0.3, -0.25) is 16.3 Å². The van der Waals surface area contributed by atoms with Crippen LogP contribution in [0.3, 0.4) is 0 Å². The molecule has 2 heterocycles. The van der Waals surface area contributed by atoms with E-state index in [0.717, 1.165) is 32.5 Å². The van der Waals surface area contributed by atoms with Gasteiger partial charge < -0.3 is 4.74 Å². The number of ether oxygens (including phenoxy) is 1. The maximum absolute atomic E-state index is 5.65. The first kappa shape index (κ1) is 11.5. The molecule has 1 aromatic heterocycles. The summed E-state index contributed by atoms with van der Waals surface area (Å²) in [6.07, 6.45) is 6.81. The zero-order valence-electron chi connectivity index (χ0n) is 9.43. The summed E-state index contributed by atoms with van der Waals surface area (Å²) < 4.78 is 5.37. The highest BCUT2D eigenvalue weighted by Crippen LogP contribution is 2.20. The first-order valence-corrected chi connectivity index (χ1v) is 5.83. The fourth-order valence-corrected chi connectivity index (χ4v) is 2.25. The van der Waals surface area contributed by atoms with E-state index in [1.807, 2.05) is 24.5 Å². The first-order chi connectivity index (χ1) is 7.90. The van der Waals surface area contributed by atoms with Gasteiger partial charge in [0.2, 0.25) is 0 Å². The van der Waals surface area contributed by atoms with Crippen LogP contribution >= 0.6 is 0 Å². The molecule has 1 atom stereocenters. The lowest BCUT2D eigenvalue weighted by atomic mass is 9.88. The molecule has 1 aromatic rings. The van der Waals surface area contributed by atoms with Gasteiger partial charge in [0.05, 0.1) is 0 Å². The van der Waals surface area contributed by atoms with Crippen LogP contribution in [-0.2, 0) is 11.2 Å². The van der Waals surface area contributed by atoms with Crippen LogP contribution in [0.5, 0.6) is 0 Å². The van der Waals surface area contributed by atoms with Gasteiger partial charge in [-0.25, -0.2) is 0 Å². The Balaban J connectivity index is 1.94. The summed E-state index contributed by atoms with van der Waals surface area (Å²) in [6, 6.07) is 4.43. The number of nitrogens with two attached hydrogens (primary N) is 1. The zero-order chi connectivity index (χ0) is 11.2. The van der Waals surface area contributed by atoms with Crippen molar-refractivity contribution in [3.8, 4) is 0 Å². The number of hydrogen-bond donors (Lipinski definition) is 2. The Bertz CT molecular complexity index is 298. The standard InChI is InChI=1S/C12H19N3O/c13-15-12(11-3-7-16-8-4-11)9-10-1-5-14-6-2-10/h1-2,5-6,11-12,15H,3-4,7-9,13H2. The summed E-state index contributed by atoms with van der Waals surface area (Å²) in [5.74, 6) is 6.26. The predicted molar refractivity (Wildman–Crippen MR) is 62.6 cm³/mol. The van der Waals surface area contributed by atoms with Crippen LogP contribution < -0.4 is 11.3 Å². The molecule has 4 nitrogen and oxygen atoms in total. The number of aromatic nitrogens is 1. The Morgan fingerprint density at radius 2 is 2.06 bits per heavy atom. The van der Waals surface area contributed by atoms with Gasteiger partial charge in [-0.1, -0.05) is 0 Å². The third kappa shape index (κ3) is 3.01. The van der Waals surface area contributed by atoms with Crippen LogP contribution in [0.2, 0.25) is 0 Å². The average molecular weight is 221 g/mol. The second-order valence-electron chi connectivity index (χ2n) is 4.28. The summed E-state index contributed by atoms with van der Waals surface area (Å²) in [5.41, 5.74) is 4.23. The lowest BCUT2D eigenvalue weighted by molar-refractivity contribution is 0.0538. The van der Waals surface area contributed by atoms with E-state index in [0.29, 0.717) is 12.0 Å². The summed E-state index contributed by atoms with van der Waals surface area (Å²) in [5, 5.41) is 0. The first-order valence-electron chi connectivity index (χ1n) is 5.83. The van der Waals surface area contributed by atoms with Crippen molar-refractivity contribution in [1.29, 1.82) is 0 Å². The van der Waals surface area contributed by atoms with Crippen molar-refractivity contribution in [2.45, 2.75) is 25.3 Å². The Labute approximate surface area is 96.2 Å². The van der Waals surface area contributed by atoms with E-state index in [4.69, 9.17) is 10.6 Å². The highest BCUT2D eigenvalue weighted by Gasteiger charge is 2.23. The van der Waals surface area contributed by atoms with Crippen molar-refractivity contribution < 1.29 is 4.74 Å². The normalized spacial score (nSPS) is 19.6. The van der Waals surface area contributed by atoms with E-state index in [1.165, 1.54) is 5.56 Å². The summed E-state index contributed by atoms with van der Waals surface area (Å²) >= 11 is 0. The maximum Gasteiger partial charge on any atom is 0.0469 e. The molecule has 1 saturated heterocycles. The molecule has 0 aliphatic carbocycles. The van der Waals surface area contributed by atoms with Crippen molar-refractivity contribution >= 4 is 0 Å². The molecule has 0 saturated carbocycles. The fourth-order valence-electron chi connectivity index (χ4n) is 2.25. The van der Waals surface area contributed by atoms with Gasteiger partial charge >= 0.3 is 0 Å². The predicted octanol–water partition coefficient (Wildman–Crippen LogP) is 0.883. The molecule has 1 aliphatic heterocycles. The average Bonchev–Trinajstić information content (AvgIpc) is 2.38. The topological polar surface area (TPSA) is 60.2 Å². The van der Waals surface area contributed by atoms with E-state index in [1.54, 1.807) is 0 Å². The highest BCUT2D eigenvalue weighted by molar-refractivity contribution is 5.11. The minimum atomic E-state index is 0.339. The van der Waals surface area contributed by atoms with Crippen molar-refractivity contribution in [3.63, 3.8) is 0 Å². The second kappa shape index (κ2) is 5.94. The van der Waals surface area contributed by atoms with Crippen LogP contribution in [0, 0.1) is 5.92 Å².